The fraction of sp³-hybridized carbons (Fsp3) is 0.667. The predicted molar refractivity (Wildman–Crippen MR) is 88.1 cm³/mol. The molecular formula is C18H26N2O4. The van der Waals surface area contributed by atoms with Crippen molar-refractivity contribution in [3.8, 4) is 0 Å². The van der Waals surface area contributed by atoms with E-state index in [4.69, 9.17) is 9.15 Å². The molecule has 1 saturated heterocycles. The number of rotatable bonds is 6. The lowest BCUT2D eigenvalue weighted by atomic mass is 9.64. The molecule has 132 valence electrons. The van der Waals surface area contributed by atoms with E-state index < -0.39 is 5.41 Å². The number of carbonyl (C=O) groups is 2. The fourth-order valence-electron chi connectivity index (χ4n) is 4.22. The summed E-state index contributed by atoms with van der Waals surface area (Å²) in [5, 5.41) is 3.03. The molecule has 2 heterocycles. The number of nitrogens with zero attached hydrogens (tertiary/aromatic N) is 1. The number of piperidine rings is 1. The Kier molecular flexibility index (Phi) is 5.23. The van der Waals surface area contributed by atoms with Crippen LogP contribution < -0.4 is 5.32 Å². The van der Waals surface area contributed by atoms with Gasteiger partial charge in [-0.25, -0.2) is 0 Å². The van der Waals surface area contributed by atoms with E-state index in [1.165, 1.54) is 0 Å². The van der Waals surface area contributed by atoms with Crippen LogP contribution in [0.25, 0.3) is 0 Å². The van der Waals surface area contributed by atoms with E-state index in [-0.39, 0.29) is 17.9 Å². The van der Waals surface area contributed by atoms with Crippen molar-refractivity contribution in [1.29, 1.82) is 0 Å². The topological polar surface area (TPSA) is 71.8 Å². The molecule has 24 heavy (non-hydrogen) atoms. The monoisotopic (exact) mass is 334 g/mol. The molecular weight excluding hydrogens is 308 g/mol. The van der Waals surface area contributed by atoms with Crippen LogP contribution in [0.4, 0.5) is 0 Å². The van der Waals surface area contributed by atoms with Gasteiger partial charge in [0.1, 0.15) is 5.76 Å². The summed E-state index contributed by atoms with van der Waals surface area (Å²) in [6.07, 6.45) is 6.53. The molecule has 0 bridgehead atoms. The van der Waals surface area contributed by atoms with Gasteiger partial charge in [-0.2, -0.15) is 0 Å². The van der Waals surface area contributed by atoms with Crippen LogP contribution in [0.15, 0.2) is 22.8 Å². The third-order valence-electron chi connectivity index (χ3n) is 5.46. The van der Waals surface area contributed by atoms with Crippen LogP contribution in [0.3, 0.4) is 0 Å². The van der Waals surface area contributed by atoms with E-state index in [0.29, 0.717) is 32.5 Å². The van der Waals surface area contributed by atoms with Gasteiger partial charge in [-0.05, 0) is 31.4 Å². The molecule has 1 aliphatic carbocycles. The van der Waals surface area contributed by atoms with E-state index in [1.807, 2.05) is 17.0 Å². The number of ether oxygens (including phenoxy) is 1. The minimum absolute atomic E-state index is 0.0146. The van der Waals surface area contributed by atoms with E-state index in [2.05, 4.69) is 5.32 Å². The van der Waals surface area contributed by atoms with E-state index >= 15 is 0 Å². The first-order chi connectivity index (χ1) is 11.7. The average Bonchev–Trinajstić information content (AvgIpc) is 3.12. The van der Waals surface area contributed by atoms with Crippen LogP contribution in [0.2, 0.25) is 0 Å². The molecule has 1 saturated carbocycles. The number of amides is 2. The summed E-state index contributed by atoms with van der Waals surface area (Å²) in [4.78, 5) is 27.3. The van der Waals surface area contributed by atoms with Gasteiger partial charge in [-0.1, -0.05) is 12.8 Å². The lowest BCUT2D eigenvalue weighted by Crippen LogP contribution is -2.62. The summed E-state index contributed by atoms with van der Waals surface area (Å²) in [6, 6.07) is 3.65. The SMILES string of the molecule is COCCN1C(=O)CC[C@]2(C(=O)NCc3ccco3)CCCC[C@@H]12. The highest BCUT2D eigenvalue weighted by Crippen LogP contribution is 2.46. The van der Waals surface area contributed by atoms with Gasteiger partial charge >= 0.3 is 0 Å². The highest BCUT2D eigenvalue weighted by atomic mass is 16.5. The maximum atomic E-state index is 13.1. The number of methoxy groups -OCH3 is 1. The van der Waals surface area contributed by atoms with Crippen LogP contribution in [0.5, 0.6) is 0 Å². The van der Waals surface area contributed by atoms with Gasteiger partial charge in [-0.15, -0.1) is 0 Å². The standard InChI is InChI=1S/C18H26N2O4/c1-23-12-10-20-15-6-2-3-8-18(15,9-7-16(20)21)17(22)19-13-14-5-4-11-24-14/h4-5,11,15H,2-3,6-10,12-13H2,1H3,(H,19,22)/t15-,18-/m1/s1. The number of hydrogen-bond acceptors (Lipinski definition) is 4. The summed E-state index contributed by atoms with van der Waals surface area (Å²) in [6.45, 7) is 1.46. The third-order valence-corrected chi connectivity index (χ3v) is 5.46. The molecule has 1 aliphatic heterocycles. The number of furan rings is 1. The van der Waals surface area contributed by atoms with Gasteiger partial charge in [0.2, 0.25) is 11.8 Å². The highest BCUT2D eigenvalue weighted by Gasteiger charge is 2.52. The van der Waals surface area contributed by atoms with Crippen LogP contribution >= 0.6 is 0 Å². The van der Waals surface area contributed by atoms with Crippen molar-refractivity contribution in [2.45, 2.75) is 51.1 Å². The van der Waals surface area contributed by atoms with Crippen molar-refractivity contribution in [3.63, 3.8) is 0 Å². The Hall–Kier alpha value is -1.82. The minimum atomic E-state index is -0.466. The van der Waals surface area contributed by atoms with Crippen molar-refractivity contribution in [2.75, 3.05) is 20.3 Å². The molecule has 1 aromatic heterocycles. The molecule has 2 fully saturated rings. The van der Waals surface area contributed by atoms with Crippen molar-refractivity contribution in [1.82, 2.24) is 10.2 Å². The third kappa shape index (κ3) is 3.20. The van der Waals surface area contributed by atoms with E-state index in [9.17, 15) is 9.59 Å². The molecule has 2 aliphatic rings. The molecule has 6 nitrogen and oxygen atoms in total. The number of carbonyl (C=O) groups excluding carboxylic acids is 2. The first-order valence-corrected chi connectivity index (χ1v) is 8.76. The lowest BCUT2D eigenvalue weighted by molar-refractivity contribution is -0.156. The molecule has 3 rings (SSSR count). The molecule has 0 unspecified atom stereocenters. The molecule has 1 N–H and O–H groups in total. The van der Waals surface area contributed by atoms with Gasteiger partial charge in [0.25, 0.3) is 0 Å². The summed E-state index contributed by atoms with van der Waals surface area (Å²) < 4.78 is 10.5. The van der Waals surface area contributed by atoms with Gasteiger partial charge in [0.05, 0.1) is 24.8 Å². The Morgan fingerprint density at radius 2 is 2.33 bits per heavy atom. The Balaban J connectivity index is 1.76. The fourth-order valence-corrected chi connectivity index (χ4v) is 4.22. The van der Waals surface area contributed by atoms with Crippen LogP contribution in [0, 0.1) is 5.41 Å². The first-order valence-electron chi connectivity index (χ1n) is 8.76. The maximum absolute atomic E-state index is 13.1. The molecule has 0 aromatic carbocycles. The number of likely N-dealkylation sites (tertiary alicyclic amines) is 1. The van der Waals surface area contributed by atoms with Gasteiger partial charge < -0.3 is 19.4 Å². The van der Waals surface area contributed by atoms with Gasteiger partial charge in [0.15, 0.2) is 0 Å². The zero-order chi connectivity index (χ0) is 17.0. The summed E-state index contributed by atoms with van der Waals surface area (Å²) in [7, 11) is 1.64. The zero-order valence-corrected chi connectivity index (χ0v) is 14.3. The van der Waals surface area contributed by atoms with E-state index in [0.717, 1.165) is 31.4 Å². The molecule has 1 aromatic rings. The minimum Gasteiger partial charge on any atom is -0.467 e. The predicted octanol–water partition coefficient (Wildman–Crippen LogP) is 2.09. The Morgan fingerprint density at radius 3 is 3.08 bits per heavy atom. The lowest BCUT2D eigenvalue weighted by Gasteiger charge is -2.51. The first kappa shape index (κ1) is 17.0. The van der Waals surface area contributed by atoms with Crippen molar-refractivity contribution in [3.05, 3.63) is 24.2 Å². The average molecular weight is 334 g/mol. The molecule has 2 atom stereocenters. The van der Waals surface area contributed by atoms with Crippen LogP contribution in [0.1, 0.15) is 44.3 Å². The van der Waals surface area contributed by atoms with Gasteiger partial charge in [0, 0.05) is 26.1 Å². The maximum Gasteiger partial charge on any atom is 0.228 e. The second kappa shape index (κ2) is 7.38. The van der Waals surface area contributed by atoms with Gasteiger partial charge in [-0.3, -0.25) is 9.59 Å². The quantitative estimate of drug-likeness (QED) is 0.865. The van der Waals surface area contributed by atoms with Crippen molar-refractivity contribution >= 4 is 11.8 Å². The zero-order valence-electron chi connectivity index (χ0n) is 14.3. The van der Waals surface area contributed by atoms with Crippen LogP contribution in [-0.2, 0) is 20.9 Å². The molecule has 0 radical (unpaired) electrons. The second-order valence-electron chi connectivity index (χ2n) is 6.76. The number of nitrogens with one attached hydrogen (secondary N) is 1. The number of hydrogen-bond donors (Lipinski definition) is 1. The smallest absolute Gasteiger partial charge is 0.228 e. The highest BCUT2D eigenvalue weighted by molar-refractivity contribution is 5.87. The Bertz CT molecular complexity index is 572. The second-order valence-corrected chi connectivity index (χ2v) is 6.76. The summed E-state index contributed by atoms with van der Waals surface area (Å²) >= 11 is 0. The number of fused-ring (bicyclic) bond motifs is 1. The van der Waals surface area contributed by atoms with Crippen molar-refractivity contribution in [2.24, 2.45) is 5.41 Å². The summed E-state index contributed by atoms with van der Waals surface area (Å²) in [5.74, 6) is 0.946. The Morgan fingerprint density at radius 1 is 1.46 bits per heavy atom. The molecule has 0 spiro atoms. The largest absolute Gasteiger partial charge is 0.467 e. The molecule has 2 amide bonds. The molecule has 6 heteroatoms. The summed E-state index contributed by atoms with van der Waals surface area (Å²) in [5.41, 5.74) is -0.466. The van der Waals surface area contributed by atoms with Crippen LogP contribution in [-0.4, -0.2) is 43.0 Å². The Labute approximate surface area is 142 Å². The normalized spacial score (nSPS) is 27.0. The van der Waals surface area contributed by atoms with E-state index in [1.54, 1.807) is 13.4 Å². The van der Waals surface area contributed by atoms with Crippen molar-refractivity contribution < 1.29 is 18.7 Å².